The third-order valence-corrected chi connectivity index (χ3v) is 9.35. The number of rotatable bonds is 7. The lowest BCUT2D eigenvalue weighted by Crippen LogP contribution is -2.41. The average Bonchev–Trinajstić information content (AvgIpc) is 3.37. The number of anilines is 1. The number of amides is 1. The van der Waals surface area contributed by atoms with Crippen molar-refractivity contribution >= 4 is 44.7 Å². The number of thiophene rings is 1. The Morgan fingerprint density at radius 1 is 1.12 bits per heavy atom. The zero-order valence-corrected chi connectivity index (χ0v) is 20.3. The molecule has 2 aromatic carbocycles. The molecule has 170 valence electrons. The summed E-state index contributed by atoms with van der Waals surface area (Å²) in [6.45, 7) is 0.573. The molecule has 1 N–H and O–H groups in total. The van der Waals surface area contributed by atoms with E-state index in [9.17, 15) is 13.2 Å². The van der Waals surface area contributed by atoms with Crippen LogP contribution in [0.5, 0.6) is 0 Å². The van der Waals surface area contributed by atoms with E-state index < -0.39 is 10.0 Å². The summed E-state index contributed by atoms with van der Waals surface area (Å²) in [5, 5.41) is 16.1. The fourth-order valence-electron chi connectivity index (χ4n) is 3.68. The van der Waals surface area contributed by atoms with Crippen molar-refractivity contribution in [1.29, 1.82) is 5.26 Å². The highest BCUT2D eigenvalue weighted by Gasteiger charge is 2.32. The summed E-state index contributed by atoms with van der Waals surface area (Å²) in [6, 6.07) is 17.8. The molecule has 1 fully saturated rings. The second-order valence-corrected chi connectivity index (χ2v) is 11.5. The molecule has 6 nitrogen and oxygen atoms in total. The van der Waals surface area contributed by atoms with Gasteiger partial charge in [0.2, 0.25) is 15.9 Å². The molecule has 1 aliphatic heterocycles. The first-order chi connectivity index (χ1) is 16.0. The third kappa shape index (κ3) is 5.65. The van der Waals surface area contributed by atoms with Gasteiger partial charge in [-0.3, -0.25) is 4.79 Å². The SMILES string of the molecule is N#Cc1ccc(S(=O)(=O)N2CCC(C(=O)Nc3ccccc3SCc3ccsc3)CC2)cc1. The molecule has 1 aromatic heterocycles. The Balaban J connectivity index is 1.35. The minimum Gasteiger partial charge on any atom is -0.325 e. The highest BCUT2D eigenvalue weighted by atomic mass is 32.2. The van der Waals surface area contributed by atoms with Crippen molar-refractivity contribution in [2.24, 2.45) is 5.92 Å². The summed E-state index contributed by atoms with van der Waals surface area (Å²) in [6.07, 6.45) is 0.928. The van der Waals surface area contributed by atoms with Crippen LogP contribution >= 0.6 is 23.1 Å². The van der Waals surface area contributed by atoms with Gasteiger partial charge in [0, 0.05) is 29.7 Å². The summed E-state index contributed by atoms with van der Waals surface area (Å²) in [5.74, 6) is 0.517. The molecule has 0 aliphatic carbocycles. The lowest BCUT2D eigenvalue weighted by molar-refractivity contribution is -0.120. The number of nitriles is 1. The van der Waals surface area contributed by atoms with Crippen molar-refractivity contribution in [3.05, 3.63) is 76.5 Å². The van der Waals surface area contributed by atoms with Crippen LogP contribution in [0.15, 0.2) is 75.1 Å². The van der Waals surface area contributed by atoms with Gasteiger partial charge in [0.1, 0.15) is 0 Å². The first-order valence-electron chi connectivity index (χ1n) is 10.5. The van der Waals surface area contributed by atoms with Crippen molar-refractivity contribution in [3.63, 3.8) is 0 Å². The van der Waals surface area contributed by atoms with Gasteiger partial charge in [-0.2, -0.15) is 20.9 Å². The Morgan fingerprint density at radius 3 is 2.52 bits per heavy atom. The average molecular weight is 498 g/mol. The molecule has 2 heterocycles. The maximum Gasteiger partial charge on any atom is 0.243 e. The van der Waals surface area contributed by atoms with E-state index in [2.05, 4.69) is 22.1 Å². The predicted molar refractivity (Wildman–Crippen MR) is 132 cm³/mol. The van der Waals surface area contributed by atoms with Crippen molar-refractivity contribution in [1.82, 2.24) is 4.31 Å². The van der Waals surface area contributed by atoms with E-state index in [1.54, 1.807) is 23.1 Å². The van der Waals surface area contributed by atoms with Crippen molar-refractivity contribution in [2.45, 2.75) is 28.4 Å². The highest BCUT2D eigenvalue weighted by molar-refractivity contribution is 7.98. The van der Waals surface area contributed by atoms with Gasteiger partial charge in [0.15, 0.2) is 0 Å². The smallest absolute Gasteiger partial charge is 0.243 e. The van der Waals surface area contributed by atoms with E-state index in [4.69, 9.17) is 5.26 Å². The van der Waals surface area contributed by atoms with E-state index in [0.29, 0.717) is 18.4 Å². The number of nitrogens with zero attached hydrogens (tertiary/aromatic N) is 2. The molecule has 4 rings (SSSR count). The Kier molecular flexibility index (Phi) is 7.50. The topological polar surface area (TPSA) is 90.3 Å². The van der Waals surface area contributed by atoms with E-state index >= 15 is 0 Å². The molecule has 0 spiro atoms. The van der Waals surface area contributed by atoms with Crippen molar-refractivity contribution < 1.29 is 13.2 Å². The predicted octanol–water partition coefficient (Wildman–Crippen LogP) is 4.95. The molecule has 3 aromatic rings. The lowest BCUT2D eigenvalue weighted by Gasteiger charge is -2.30. The van der Waals surface area contributed by atoms with E-state index in [0.717, 1.165) is 16.3 Å². The minimum absolute atomic E-state index is 0.0750. The molecule has 0 unspecified atom stereocenters. The second-order valence-electron chi connectivity index (χ2n) is 7.72. The molecule has 0 radical (unpaired) electrons. The lowest BCUT2D eigenvalue weighted by atomic mass is 9.97. The number of thioether (sulfide) groups is 1. The van der Waals surface area contributed by atoms with Crippen LogP contribution in [-0.2, 0) is 20.6 Å². The third-order valence-electron chi connectivity index (χ3n) is 5.57. The molecular weight excluding hydrogens is 474 g/mol. The van der Waals surface area contributed by atoms with Gasteiger partial charge in [-0.1, -0.05) is 12.1 Å². The number of benzene rings is 2. The molecule has 0 saturated carbocycles. The highest BCUT2D eigenvalue weighted by Crippen LogP contribution is 2.31. The van der Waals surface area contributed by atoms with Gasteiger partial charge in [-0.25, -0.2) is 8.42 Å². The maximum atomic E-state index is 12.9. The van der Waals surface area contributed by atoms with E-state index in [1.165, 1.54) is 34.1 Å². The Morgan fingerprint density at radius 2 is 1.85 bits per heavy atom. The van der Waals surface area contributed by atoms with Crippen LogP contribution in [0.1, 0.15) is 24.0 Å². The fourth-order valence-corrected chi connectivity index (χ4v) is 6.87. The quantitative estimate of drug-likeness (QED) is 0.467. The monoisotopic (exact) mass is 497 g/mol. The zero-order chi connectivity index (χ0) is 23.3. The number of hydrogen-bond acceptors (Lipinski definition) is 6. The molecular formula is C24H23N3O3S3. The number of hydrogen-bond donors (Lipinski definition) is 1. The second kappa shape index (κ2) is 10.5. The van der Waals surface area contributed by atoms with Gasteiger partial charge in [0.05, 0.1) is 22.2 Å². The molecule has 1 saturated heterocycles. The van der Waals surface area contributed by atoms with Gasteiger partial charge in [-0.15, -0.1) is 11.8 Å². The Hall–Kier alpha value is -2.64. The van der Waals surface area contributed by atoms with Crippen LogP contribution < -0.4 is 5.32 Å². The summed E-state index contributed by atoms with van der Waals surface area (Å²) in [7, 11) is -3.64. The standard InChI is InChI=1S/C24H23N3O3S3/c25-15-18-5-7-21(8-6-18)33(29,30)27-12-9-20(10-13-27)24(28)26-22-3-1-2-4-23(22)32-17-19-11-14-31-16-19/h1-8,11,14,16,20H,9-10,12-13,17H2,(H,26,28). The molecule has 33 heavy (non-hydrogen) atoms. The molecule has 1 amide bonds. The molecule has 9 heteroatoms. The number of para-hydroxylation sites is 1. The van der Waals surface area contributed by atoms with Crippen molar-refractivity contribution in [3.8, 4) is 6.07 Å². The number of carbonyl (C=O) groups excluding carboxylic acids is 1. The number of nitrogens with one attached hydrogen (secondary N) is 1. The fraction of sp³-hybridized carbons (Fsp3) is 0.250. The van der Waals surface area contributed by atoms with Crippen LogP contribution in [-0.4, -0.2) is 31.7 Å². The Bertz CT molecular complexity index is 1240. The number of sulfonamides is 1. The molecule has 0 bridgehead atoms. The van der Waals surface area contributed by atoms with E-state index in [-0.39, 0.29) is 29.8 Å². The first-order valence-corrected chi connectivity index (χ1v) is 13.9. The summed E-state index contributed by atoms with van der Waals surface area (Å²) < 4.78 is 27.2. The summed E-state index contributed by atoms with van der Waals surface area (Å²) >= 11 is 3.35. The van der Waals surface area contributed by atoms with Gasteiger partial charge >= 0.3 is 0 Å². The van der Waals surface area contributed by atoms with Crippen LogP contribution in [0.4, 0.5) is 5.69 Å². The van der Waals surface area contributed by atoms with Crippen LogP contribution in [0, 0.1) is 17.2 Å². The molecule has 1 aliphatic rings. The van der Waals surface area contributed by atoms with Crippen molar-refractivity contribution in [2.75, 3.05) is 18.4 Å². The van der Waals surface area contributed by atoms with Gasteiger partial charge in [0.25, 0.3) is 0 Å². The molecule has 0 atom stereocenters. The van der Waals surface area contributed by atoms with Crippen LogP contribution in [0.2, 0.25) is 0 Å². The minimum atomic E-state index is -3.64. The first kappa shape index (κ1) is 23.5. The van der Waals surface area contributed by atoms with Gasteiger partial charge < -0.3 is 5.32 Å². The van der Waals surface area contributed by atoms with E-state index in [1.807, 2.05) is 30.3 Å². The summed E-state index contributed by atoms with van der Waals surface area (Å²) in [4.78, 5) is 14.1. The zero-order valence-electron chi connectivity index (χ0n) is 17.8. The van der Waals surface area contributed by atoms with Crippen LogP contribution in [0.3, 0.4) is 0 Å². The summed E-state index contributed by atoms with van der Waals surface area (Å²) in [5.41, 5.74) is 2.45. The van der Waals surface area contributed by atoms with Gasteiger partial charge in [-0.05, 0) is 71.6 Å². The van der Waals surface area contributed by atoms with Crippen LogP contribution in [0.25, 0.3) is 0 Å². The maximum absolute atomic E-state index is 12.9. The normalized spacial score (nSPS) is 15.1. The number of carbonyl (C=O) groups is 1. The Labute approximate surface area is 202 Å². The largest absolute Gasteiger partial charge is 0.325 e. The number of piperidine rings is 1.